The zero-order valence-corrected chi connectivity index (χ0v) is 7.52. The summed E-state index contributed by atoms with van der Waals surface area (Å²) in [5.74, 6) is 0.746. The summed E-state index contributed by atoms with van der Waals surface area (Å²) >= 11 is 0. The van der Waals surface area contributed by atoms with Crippen molar-refractivity contribution in [2.75, 3.05) is 19.8 Å². The number of rotatable bonds is 2. The van der Waals surface area contributed by atoms with E-state index in [0.29, 0.717) is 12.6 Å². The molecule has 1 fully saturated rings. The van der Waals surface area contributed by atoms with Crippen LogP contribution in [-0.2, 0) is 0 Å². The first-order chi connectivity index (χ1) is 5.25. The smallest absolute Gasteiger partial charge is 0.102 e. The van der Waals surface area contributed by atoms with Crippen molar-refractivity contribution in [3.8, 4) is 0 Å². The highest BCUT2D eigenvalue weighted by atomic mass is 19.1. The summed E-state index contributed by atoms with van der Waals surface area (Å²) in [4.78, 5) is 2.26. The third-order valence-electron chi connectivity index (χ3n) is 2.88. The first kappa shape index (κ1) is 8.98. The lowest BCUT2D eigenvalue weighted by Gasteiger charge is -2.37. The van der Waals surface area contributed by atoms with E-state index in [1.54, 1.807) is 0 Å². The van der Waals surface area contributed by atoms with Gasteiger partial charge in [0.05, 0.1) is 0 Å². The van der Waals surface area contributed by atoms with Crippen molar-refractivity contribution in [3.05, 3.63) is 0 Å². The van der Waals surface area contributed by atoms with E-state index < -0.39 is 0 Å². The predicted molar refractivity (Wildman–Crippen MR) is 45.4 cm³/mol. The van der Waals surface area contributed by atoms with Crippen LogP contribution in [0.4, 0.5) is 4.39 Å². The first-order valence-corrected chi connectivity index (χ1v) is 4.55. The molecular weight excluding hydrogens is 141 g/mol. The predicted octanol–water partition coefficient (Wildman–Crippen LogP) is 2.08. The Bertz CT molecular complexity index is 114. The van der Waals surface area contributed by atoms with E-state index in [2.05, 4.69) is 18.7 Å². The fraction of sp³-hybridized carbons (Fsp3) is 1.00. The molecule has 11 heavy (non-hydrogen) atoms. The molecule has 0 aromatic heterocycles. The lowest BCUT2D eigenvalue weighted by atomic mass is 9.92. The van der Waals surface area contributed by atoms with Crippen LogP contribution in [0.25, 0.3) is 0 Å². The number of hydrogen-bond acceptors (Lipinski definition) is 1. The van der Waals surface area contributed by atoms with Gasteiger partial charge in [0, 0.05) is 12.6 Å². The summed E-state index contributed by atoms with van der Waals surface area (Å²) in [7, 11) is 0. The molecule has 0 aromatic rings. The maximum absolute atomic E-state index is 12.0. The molecule has 1 aliphatic heterocycles. The molecule has 2 atom stereocenters. The lowest BCUT2D eigenvalue weighted by Crippen LogP contribution is -2.43. The topological polar surface area (TPSA) is 3.24 Å². The lowest BCUT2D eigenvalue weighted by molar-refractivity contribution is 0.106. The van der Waals surface area contributed by atoms with E-state index in [-0.39, 0.29) is 6.67 Å². The third-order valence-corrected chi connectivity index (χ3v) is 2.88. The average molecular weight is 159 g/mol. The Kier molecular flexibility index (Phi) is 3.31. The molecule has 0 aliphatic carbocycles. The number of hydrogen-bond donors (Lipinski definition) is 0. The van der Waals surface area contributed by atoms with Crippen LogP contribution in [0.3, 0.4) is 0 Å². The van der Waals surface area contributed by atoms with E-state index in [9.17, 15) is 4.39 Å². The Labute approximate surface area is 68.6 Å². The molecule has 0 N–H and O–H groups in total. The normalized spacial score (nSPS) is 34.1. The van der Waals surface area contributed by atoms with Crippen molar-refractivity contribution in [3.63, 3.8) is 0 Å². The monoisotopic (exact) mass is 159 g/mol. The van der Waals surface area contributed by atoms with Gasteiger partial charge in [0.2, 0.25) is 0 Å². The molecule has 0 saturated carbocycles. The number of piperidine rings is 1. The highest BCUT2D eigenvalue weighted by Gasteiger charge is 2.23. The molecule has 0 bridgehead atoms. The molecule has 1 heterocycles. The van der Waals surface area contributed by atoms with Gasteiger partial charge in [0.25, 0.3) is 0 Å². The Hall–Kier alpha value is -0.110. The molecule has 0 radical (unpaired) electrons. The fourth-order valence-electron chi connectivity index (χ4n) is 1.85. The quantitative estimate of drug-likeness (QED) is 0.596. The molecule has 1 rings (SSSR count). The highest BCUT2D eigenvalue weighted by Crippen LogP contribution is 2.21. The number of nitrogens with zero attached hydrogens (tertiary/aromatic N) is 1. The molecule has 1 nitrogen and oxygen atoms in total. The fourth-order valence-corrected chi connectivity index (χ4v) is 1.85. The molecule has 1 aliphatic rings. The second-order valence-corrected chi connectivity index (χ2v) is 3.59. The van der Waals surface area contributed by atoms with Gasteiger partial charge in [0.1, 0.15) is 6.67 Å². The van der Waals surface area contributed by atoms with Crippen LogP contribution in [0, 0.1) is 5.92 Å². The Balaban J connectivity index is 2.38. The minimum Gasteiger partial charge on any atom is -0.298 e. The van der Waals surface area contributed by atoms with Crippen LogP contribution in [0.15, 0.2) is 0 Å². The van der Waals surface area contributed by atoms with Crippen LogP contribution < -0.4 is 0 Å². The highest BCUT2D eigenvalue weighted by molar-refractivity contribution is 4.77. The number of likely N-dealkylation sites (tertiary alicyclic amines) is 1. The molecule has 66 valence electrons. The van der Waals surface area contributed by atoms with Crippen LogP contribution in [-0.4, -0.2) is 30.7 Å². The van der Waals surface area contributed by atoms with Crippen molar-refractivity contribution in [1.29, 1.82) is 0 Å². The van der Waals surface area contributed by atoms with E-state index in [1.807, 2.05) is 0 Å². The van der Waals surface area contributed by atoms with Crippen molar-refractivity contribution in [1.82, 2.24) is 4.90 Å². The van der Waals surface area contributed by atoms with Crippen molar-refractivity contribution >= 4 is 0 Å². The van der Waals surface area contributed by atoms with Gasteiger partial charge in [-0.25, -0.2) is 4.39 Å². The molecule has 2 heteroatoms. The second-order valence-electron chi connectivity index (χ2n) is 3.59. The van der Waals surface area contributed by atoms with Gasteiger partial charge in [-0.1, -0.05) is 6.92 Å². The van der Waals surface area contributed by atoms with E-state index in [4.69, 9.17) is 0 Å². The summed E-state index contributed by atoms with van der Waals surface area (Å²) in [5, 5.41) is 0. The van der Waals surface area contributed by atoms with Gasteiger partial charge in [0.15, 0.2) is 0 Å². The minimum atomic E-state index is -0.197. The first-order valence-electron chi connectivity index (χ1n) is 4.55. The van der Waals surface area contributed by atoms with Gasteiger partial charge >= 0.3 is 0 Å². The summed E-state index contributed by atoms with van der Waals surface area (Å²) in [6.45, 7) is 5.99. The van der Waals surface area contributed by atoms with Gasteiger partial charge in [-0.15, -0.1) is 0 Å². The van der Waals surface area contributed by atoms with Gasteiger partial charge in [-0.3, -0.25) is 4.90 Å². The van der Waals surface area contributed by atoms with Gasteiger partial charge in [-0.2, -0.15) is 0 Å². The maximum Gasteiger partial charge on any atom is 0.102 e. The average Bonchev–Trinajstić information content (AvgIpc) is 1.99. The molecule has 0 spiro atoms. The van der Waals surface area contributed by atoms with E-state index in [1.165, 1.54) is 12.8 Å². The zero-order chi connectivity index (χ0) is 8.27. The number of alkyl halides is 1. The van der Waals surface area contributed by atoms with E-state index >= 15 is 0 Å². The molecule has 1 saturated heterocycles. The van der Waals surface area contributed by atoms with Crippen molar-refractivity contribution in [2.24, 2.45) is 5.92 Å². The molecule has 0 aromatic carbocycles. The van der Waals surface area contributed by atoms with Gasteiger partial charge in [-0.05, 0) is 32.2 Å². The Morgan fingerprint density at radius 3 is 2.82 bits per heavy atom. The largest absolute Gasteiger partial charge is 0.298 e. The Morgan fingerprint density at radius 2 is 2.18 bits per heavy atom. The second kappa shape index (κ2) is 4.05. The summed E-state index contributed by atoms with van der Waals surface area (Å²) in [6, 6.07) is 0.583. The molecule has 0 amide bonds. The van der Waals surface area contributed by atoms with E-state index in [0.717, 1.165) is 12.5 Å². The van der Waals surface area contributed by atoms with Crippen LogP contribution in [0.2, 0.25) is 0 Å². The Morgan fingerprint density at radius 1 is 1.45 bits per heavy atom. The van der Waals surface area contributed by atoms with Gasteiger partial charge < -0.3 is 0 Å². The molecular formula is C9H18FN. The van der Waals surface area contributed by atoms with Crippen LogP contribution in [0.1, 0.15) is 26.7 Å². The summed E-state index contributed by atoms with van der Waals surface area (Å²) in [5.41, 5.74) is 0. The maximum atomic E-state index is 12.0. The molecule has 0 unspecified atom stereocenters. The third kappa shape index (κ3) is 2.16. The minimum absolute atomic E-state index is 0.197. The summed E-state index contributed by atoms with van der Waals surface area (Å²) < 4.78 is 12.0. The van der Waals surface area contributed by atoms with Crippen molar-refractivity contribution < 1.29 is 4.39 Å². The van der Waals surface area contributed by atoms with Crippen LogP contribution >= 0.6 is 0 Å². The van der Waals surface area contributed by atoms with Crippen LogP contribution in [0.5, 0.6) is 0 Å². The zero-order valence-electron chi connectivity index (χ0n) is 7.52. The number of halogens is 1. The van der Waals surface area contributed by atoms with Crippen molar-refractivity contribution in [2.45, 2.75) is 32.7 Å². The summed E-state index contributed by atoms with van der Waals surface area (Å²) in [6.07, 6.45) is 2.55. The SMILES string of the molecule is C[C@@H]1[C@@H](C)CCCN1CCF. The standard InChI is InChI=1S/C9H18FN/c1-8-4-3-6-11(7-5-10)9(8)2/h8-9H,3-7H2,1-2H3/t8-,9+/m0/s1.